The van der Waals surface area contributed by atoms with Crippen LogP contribution in [-0.4, -0.2) is 9.97 Å². The van der Waals surface area contributed by atoms with Gasteiger partial charge in [-0.3, -0.25) is 0 Å². The summed E-state index contributed by atoms with van der Waals surface area (Å²) in [5, 5.41) is 12.5. The molecule has 0 bridgehead atoms. The Balaban J connectivity index is 2.08. The van der Waals surface area contributed by atoms with Gasteiger partial charge in [-0.15, -0.1) is 0 Å². The summed E-state index contributed by atoms with van der Waals surface area (Å²) in [4.78, 5) is 8.06. The standard InChI is InChI=1S/C13H11ClN4/c1-9(10-2-4-11(14)5-3-10)18-13-8-16-12(6-15)7-17-13/h2-5,7-9H,1H3,(H,17,18). The largest absolute Gasteiger partial charge is 0.362 e. The van der Waals surface area contributed by atoms with E-state index in [0.717, 1.165) is 5.56 Å². The van der Waals surface area contributed by atoms with E-state index in [1.165, 1.54) is 6.20 Å². The normalized spacial score (nSPS) is 11.6. The van der Waals surface area contributed by atoms with Gasteiger partial charge in [0.2, 0.25) is 0 Å². The first kappa shape index (κ1) is 12.3. The number of rotatable bonds is 3. The summed E-state index contributed by atoms with van der Waals surface area (Å²) in [6.07, 6.45) is 2.99. The van der Waals surface area contributed by atoms with Crippen LogP contribution < -0.4 is 5.32 Å². The Morgan fingerprint density at radius 3 is 2.50 bits per heavy atom. The van der Waals surface area contributed by atoms with Gasteiger partial charge in [0.05, 0.1) is 12.4 Å². The first-order valence-electron chi connectivity index (χ1n) is 5.43. The molecule has 0 spiro atoms. The van der Waals surface area contributed by atoms with Crippen LogP contribution in [0.15, 0.2) is 36.7 Å². The number of anilines is 1. The van der Waals surface area contributed by atoms with Crippen LogP contribution in [0.25, 0.3) is 0 Å². The number of halogens is 1. The van der Waals surface area contributed by atoms with Crippen molar-refractivity contribution in [3.63, 3.8) is 0 Å². The molecule has 0 aliphatic rings. The van der Waals surface area contributed by atoms with Gasteiger partial charge in [0.25, 0.3) is 0 Å². The van der Waals surface area contributed by atoms with E-state index in [0.29, 0.717) is 16.5 Å². The van der Waals surface area contributed by atoms with E-state index in [1.807, 2.05) is 37.3 Å². The highest BCUT2D eigenvalue weighted by Gasteiger charge is 2.06. The average molecular weight is 259 g/mol. The van der Waals surface area contributed by atoms with Crippen molar-refractivity contribution in [3.05, 3.63) is 52.9 Å². The molecule has 1 heterocycles. The zero-order valence-electron chi connectivity index (χ0n) is 9.76. The lowest BCUT2D eigenvalue weighted by molar-refractivity contribution is 0.871. The highest BCUT2D eigenvalue weighted by Crippen LogP contribution is 2.19. The van der Waals surface area contributed by atoms with Crippen molar-refractivity contribution in [2.75, 3.05) is 5.32 Å². The molecule has 0 radical (unpaired) electrons. The van der Waals surface area contributed by atoms with Crippen LogP contribution >= 0.6 is 11.6 Å². The molecule has 0 aliphatic carbocycles. The molecule has 2 rings (SSSR count). The van der Waals surface area contributed by atoms with Gasteiger partial charge < -0.3 is 5.32 Å². The number of nitrogens with zero attached hydrogens (tertiary/aromatic N) is 3. The number of nitriles is 1. The molecule has 18 heavy (non-hydrogen) atoms. The quantitative estimate of drug-likeness (QED) is 0.919. The van der Waals surface area contributed by atoms with Gasteiger partial charge in [-0.05, 0) is 24.6 Å². The smallest absolute Gasteiger partial charge is 0.158 e. The Morgan fingerprint density at radius 2 is 1.94 bits per heavy atom. The van der Waals surface area contributed by atoms with Crippen molar-refractivity contribution < 1.29 is 0 Å². The Bertz CT molecular complexity index is 557. The van der Waals surface area contributed by atoms with E-state index >= 15 is 0 Å². The first-order valence-corrected chi connectivity index (χ1v) is 5.81. The van der Waals surface area contributed by atoms with Crippen molar-refractivity contribution in [3.8, 4) is 6.07 Å². The van der Waals surface area contributed by atoms with E-state index in [4.69, 9.17) is 16.9 Å². The van der Waals surface area contributed by atoms with Crippen molar-refractivity contribution in [2.45, 2.75) is 13.0 Å². The molecule has 0 saturated carbocycles. The minimum atomic E-state index is 0.0875. The third-order valence-electron chi connectivity index (χ3n) is 2.50. The fourth-order valence-corrected chi connectivity index (χ4v) is 1.64. The molecule has 1 atom stereocenters. The lowest BCUT2D eigenvalue weighted by Crippen LogP contribution is -2.08. The summed E-state index contributed by atoms with van der Waals surface area (Å²) in [6, 6.07) is 9.62. The maximum absolute atomic E-state index is 8.63. The second kappa shape index (κ2) is 5.48. The van der Waals surface area contributed by atoms with Gasteiger partial charge in [0, 0.05) is 11.1 Å². The van der Waals surface area contributed by atoms with E-state index in [9.17, 15) is 0 Å². The summed E-state index contributed by atoms with van der Waals surface area (Å²) in [7, 11) is 0. The molecule has 0 fully saturated rings. The Hall–Kier alpha value is -2.12. The van der Waals surface area contributed by atoms with Crippen LogP contribution in [0.2, 0.25) is 5.02 Å². The fourth-order valence-electron chi connectivity index (χ4n) is 1.52. The zero-order valence-corrected chi connectivity index (χ0v) is 10.5. The molecule has 1 N–H and O–H groups in total. The van der Waals surface area contributed by atoms with Crippen LogP contribution in [-0.2, 0) is 0 Å². The Labute approximate surface area is 110 Å². The van der Waals surface area contributed by atoms with Gasteiger partial charge in [-0.1, -0.05) is 23.7 Å². The van der Waals surface area contributed by atoms with Crippen molar-refractivity contribution >= 4 is 17.4 Å². The molecule has 0 amide bonds. The topological polar surface area (TPSA) is 61.6 Å². The summed E-state index contributed by atoms with van der Waals surface area (Å²) >= 11 is 5.84. The van der Waals surface area contributed by atoms with E-state index in [-0.39, 0.29) is 6.04 Å². The summed E-state index contributed by atoms with van der Waals surface area (Å²) in [6.45, 7) is 2.02. The maximum Gasteiger partial charge on any atom is 0.158 e. The predicted molar refractivity (Wildman–Crippen MR) is 70.2 cm³/mol. The average Bonchev–Trinajstić information content (AvgIpc) is 2.40. The third-order valence-corrected chi connectivity index (χ3v) is 2.75. The lowest BCUT2D eigenvalue weighted by Gasteiger charge is -2.14. The van der Waals surface area contributed by atoms with Gasteiger partial charge in [-0.2, -0.15) is 5.26 Å². The summed E-state index contributed by atoms with van der Waals surface area (Å²) < 4.78 is 0. The highest BCUT2D eigenvalue weighted by atomic mass is 35.5. The lowest BCUT2D eigenvalue weighted by atomic mass is 10.1. The van der Waals surface area contributed by atoms with Gasteiger partial charge in [0.1, 0.15) is 11.9 Å². The molecule has 5 heteroatoms. The minimum Gasteiger partial charge on any atom is -0.362 e. The minimum absolute atomic E-state index is 0.0875. The number of aromatic nitrogens is 2. The van der Waals surface area contributed by atoms with Crippen LogP contribution in [0.1, 0.15) is 24.2 Å². The second-order valence-electron chi connectivity index (χ2n) is 3.82. The molecule has 1 aromatic heterocycles. The maximum atomic E-state index is 8.63. The molecule has 0 saturated heterocycles. The summed E-state index contributed by atoms with van der Waals surface area (Å²) in [5.41, 5.74) is 1.41. The Morgan fingerprint density at radius 1 is 1.22 bits per heavy atom. The molecule has 90 valence electrons. The highest BCUT2D eigenvalue weighted by molar-refractivity contribution is 6.30. The monoisotopic (exact) mass is 258 g/mol. The number of nitrogens with one attached hydrogen (secondary N) is 1. The SMILES string of the molecule is CC(Nc1cnc(C#N)cn1)c1ccc(Cl)cc1. The summed E-state index contributed by atoms with van der Waals surface area (Å²) in [5.74, 6) is 0.636. The molecule has 1 aromatic carbocycles. The zero-order chi connectivity index (χ0) is 13.0. The molecule has 1 unspecified atom stereocenters. The van der Waals surface area contributed by atoms with Gasteiger partial charge >= 0.3 is 0 Å². The number of benzene rings is 1. The molecule has 0 aliphatic heterocycles. The van der Waals surface area contributed by atoms with Crippen LogP contribution in [0.4, 0.5) is 5.82 Å². The van der Waals surface area contributed by atoms with E-state index < -0.39 is 0 Å². The van der Waals surface area contributed by atoms with Crippen LogP contribution in [0, 0.1) is 11.3 Å². The van der Waals surface area contributed by atoms with Crippen molar-refractivity contribution in [1.82, 2.24) is 9.97 Å². The van der Waals surface area contributed by atoms with Gasteiger partial charge in [-0.25, -0.2) is 9.97 Å². The molecular weight excluding hydrogens is 248 g/mol. The van der Waals surface area contributed by atoms with E-state index in [2.05, 4.69) is 15.3 Å². The predicted octanol–water partition coefficient (Wildman–Crippen LogP) is 3.17. The van der Waals surface area contributed by atoms with Crippen molar-refractivity contribution in [1.29, 1.82) is 5.26 Å². The first-order chi connectivity index (χ1) is 8.69. The van der Waals surface area contributed by atoms with E-state index in [1.54, 1.807) is 6.20 Å². The van der Waals surface area contributed by atoms with Crippen LogP contribution in [0.5, 0.6) is 0 Å². The Kier molecular flexibility index (Phi) is 3.75. The number of hydrogen-bond acceptors (Lipinski definition) is 4. The molecular formula is C13H11ClN4. The third kappa shape index (κ3) is 2.96. The molecule has 4 nitrogen and oxygen atoms in total. The fraction of sp³-hybridized carbons (Fsp3) is 0.154. The van der Waals surface area contributed by atoms with Crippen LogP contribution in [0.3, 0.4) is 0 Å². The number of hydrogen-bond donors (Lipinski definition) is 1. The second-order valence-corrected chi connectivity index (χ2v) is 4.25. The molecule has 2 aromatic rings. The van der Waals surface area contributed by atoms with Crippen molar-refractivity contribution in [2.24, 2.45) is 0 Å². The van der Waals surface area contributed by atoms with Gasteiger partial charge in [0.15, 0.2) is 5.69 Å².